The minimum atomic E-state index is -0.783. The van der Waals surface area contributed by atoms with E-state index in [2.05, 4.69) is 15.2 Å². The number of aryl methyl sites for hydroxylation is 2. The second-order valence-electron chi connectivity index (χ2n) is 8.05. The van der Waals surface area contributed by atoms with Gasteiger partial charge in [-0.1, -0.05) is 17.7 Å². The van der Waals surface area contributed by atoms with E-state index in [1.807, 2.05) is 42.3 Å². The Labute approximate surface area is 175 Å². The van der Waals surface area contributed by atoms with Crippen molar-refractivity contribution in [1.29, 1.82) is 0 Å². The summed E-state index contributed by atoms with van der Waals surface area (Å²) in [6.07, 6.45) is 3.07. The number of nitrogens with one attached hydrogen (secondary N) is 1. The summed E-state index contributed by atoms with van der Waals surface area (Å²) in [7, 11) is 0. The lowest BCUT2D eigenvalue weighted by Gasteiger charge is -2.35. The van der Waals surface area contributed by atoms with Crippen LogP contribution >= 0.6 is 11.3 Å². The molecule has 0 aliphatic carbocycles. The van der Waals surface area contributed by atoms with Crippen LogP contribution in [0.2, 0.25) is 0 Å². The zero-order chi connectivity index (χ0) is 21.0. The van der Waals surface area contributed by atoms with Gasteiger partial charge in [-0.3, -0.25) is 4.79 Å². The number of rotatable bonds is 6. The molecule has 0 radical (unpaired) electrons. The highest BCUT2D eigenvalue weighted by atomic mass is 32.1. The highest BCUT2D eigenvalue weighted by Crippen LogP contribution is 2.29. The fourth-order valence-electron chi connectivity index (χ4n) is 3.06. The van der Waals surface area contributed by atoms with Crippen LogP contribution in [0.3, 0.4) is 0 Å². The largest absolute Gasteiger partial charge is 0.481 e. The number of hydrogen-bond acceptors (Lipinski definition) is 5. The molecule has 156 valence electrons. The molecule has 1 aliphatic heterocycles. The van der Waals surface area contributed by atoms with Crippen molar-refractivity contribution in [3.63, 3.8) is 0 Å². The van der Waals surface area contributed by atoms with E-state index in [4.69, 9.17) is 0 Å². The van der Waals surface area contributed by atoms with Gasteiger partial charge in [-0.25, -0.2) is 9.78 Å². The standard InChI is InChI=1S/C21H28N4O3S/c1-15-4-6-16(7-5-15)23-20(28)25-12-10-24(11-13-25)18-14-22-17(29-18)8-9-21(2,3)19(26)27/h4-7,14H,8-13H2,1-3H3,(H,23,28)(H,26,27). The third-order valence-electron chi connectivity index (χ3n) is 5.27. The van der Waals surface area contributed by atoms with Gasteiger partial charge in [-0.05, 0) is 39.3 Å². The lowest BCUT2D eigenvalue weighted by Crippen LogP contribution is -2.49. The van der Waals surface area contributed by atoms with Crippen LogP contribution in [0.5, 0.6) is 0 Å². The lowest BCUT2D eigenvalue weighted by atomic mass is 9.88. The second kappa shape index (κ2) is 8.82. The van der Waals surface area contributed by atoms with Gasteiger partial charge in [0.15, 0.2) is 0 Å². The van der Waals surface area contributed by atoms with Gasteiger partial charge in [0.1, 0.15) is 5.00 Å². The number of amides is 2. The number of thiazole rings is 1. The molecule has 2 heterocycles. The molecule has 3 rings (SSSR count). The first kappa shape index (κ1) is 21.1. The lowest BCUT2D eigenvalue weighted by molar-refractivity contribution is -0.147. The summed E-state index contributed by atoms with van der Waals surface area (Å²) in [4.78, 5) is 32.2. The molecule has 1 aliphatic rings. The third-order valence-corrected chi connectivity index (χ3v) is 6.38. The molecule has 1 aromatic heterocycles. The summed E-state index contributed by atoms with van der Waals surface area (Å²) in [5.74, 6) is -0.783. The van der Waals surface area contributed by atoms with Crippen LogP contribution in [0.15, 0.2) is 30.5 Å². The van der Waals surface area contributed by atoms with Crippen LogP contribution in [0.1, 0.15) is 30.8 Å². The molecule has 2 N–H and O–H groups in total. The maximum absolute atomic E-state index is 12.5. The Morgan fingerprint density at radius 3 is 2.45 bits per heavy atom. The van der Waals surface area contributed by atoms with Crippen molar-refractivity contribution in [1.82, 2.24) is 9.88 Å². The number of aliphatic carboxylic acids is 1. The zero-order valence-electron chi connectivity index (χ0n) is 17.1. The quantitative estimate of drug-likeness (QED) is 0.747. The molecule has 29 heavy (non-hydrogen) atoms. The van der Waals surface area contributed by atoms with Crippen LogP contribution in [-0.2, 0) is 11.2 Å². The van der Waals surface area contributed by atoms with Gasteiger partial charge < -0.3 is 20.2 Å². The van der Waals surface area contributed by atoms with Crippen LogP contribution < -0.4 is 10.2 Å². The molecule has 2 amide bonds. The summed E-state index contributed by atoms with van der Waals surface area (Å²) in [5.41, 5.74) is 1.22. The number of nitrogens with zero attached hydrogens (tertiary/aromatic N) is 3. The number of carboxylic acids is 1. The fraction of sp³-hybridized carbons (Fsp3) is 0.476. The number of aromatic nitrogens is 1. The van der Waals surface area contributed by atoms with E-state index >= 15 is 0 Å². The van der Waals surface area contributed by atoms with Crippen LogP contribution in [0.25, 0.3) is 0 Å². The minimum Gasteiger partial charge on any atom is -0.481 e. The number of urea groups is 1. The van der Waals surface area contributed by atoms with Gasteiger partial charge in [0.2, 0.25) is 0 Å². The van der Waals surface area contributed by atoms with Crippen LogP contribution in [0, 0.1) is 12.3 Å². The van der Waals surface area contributed by atoms with Crippen LogP contribution in [0.4, 0.5) is 15.5 Å². The van der Waals surface area contributed by atoms with Crippen molar-refractivity contribution in [3.05, 3.63) is 41.0 Å². The molecule has 1 aromatic carbocycles. The number of benzene rings is 1. The van der Waals surface area contributed by atoms with Gasteiger partial charge in [0.05, 0.1) is 16.6 Å². The fourth-order valence-corrected chi connectivity index (χ4v) is 4.03. The monoisotopic (exact) mass is 416 g/mol. The summed E-state index contributed by atoms with van der Waals surface area (Å²) in [6.45, 7) is 8.30. The van der Waals surface area contributed by atoms with E-state index < -0.39 is 11.4 Å². The number of hydrogen-bond donors (Lipinski definition) is 2. The van der Waals surface area contributed by atoms with Gasteiger partial charge in [0.25, 0.3) is 0 Å². The topological polar surface area (TPSA) is 85.8 Å². The Bertz CT molecular complexity index is 855. The van der Waals surface area contributed by atoms with Crippen molar-refractivity contribution in [2.75, 3.05) is 36.4 Å². The van der Waals surface area contributed by atoms with E-state index in [1.54, 1.807) is 25.2 Å². The molecule has 0 atom stereocenters. The number of anilines is 2. The Hall–Kier alpha value is -2.61. The molecular formula is C21H28N4O3S. The summed E-state index contributed by atoms with van der Waals surface area (Å²) >= 11 is 1.61. The van der Waals surface area contributed by atoms with Gasteiger partial charge in [0, 0.05) is 38.3 Å². The second-order valence-corrected chi connectivity index (χ2v) is 9.15. The normalized spacial score (nSPS) is 14.7. The average Bonchev–Trinajstić information content (AvgIpc) is 3.17. The number of carbonyl (C=O) groups is 2. The first-order valence-corrected chi connectivity index (χ1v) is 10.6. The summed E-state index contributed by atoms with van der Waals surface area (Å²) in [5, 5.41) is 14.2. The first-order valence-electron chi connectivity index (χ1n) is 9.80. The predicted octanol–water partition coefficient (Wildman–Crippen LogP) is 3.85. The molecule has 0 spiro atoms. The number of carboxylic acid groups (broad SMARTS) is 1. The number of piperazine rings is 1. The van der Waals surface area contributed by atoms with E-state index in [1.165, 1.54) is 0 Å². The molecule has 7 nitrogen and oxygen atoms in total. The Kier molecular flexibility index (Phi) is 6.42. The van der Waals surface area contributed by atoms with Crippen molar-refractivity contribution in [2.45, 2.75) is 33.6 Å². The molecule has 0 saturated carbocycles. The highest BCUT2D eigenvalue weighted by Gasteiger charge is 2.27. The van der Waals surface area contributed by atoms with E-state index in [-0.39, 0.29) is 6.03 Å². The third kappa shape index (κ3) is 5.47. The van der Waals surface area contributed by atoms with Gasteiger partial charge in [-0.15, -0.1) is 11.3 Å². The number of carbonyl (C=O) groups excluding carboxylic acids is 1. The SMILES string of the molecule is Cc1ccc(NC(=O)N2CCN(c3cnc(CCC(C)(C)C(=O)O)s3)CC2)cc1. The molecule has 8 heteroatoms. The van der Waals surface area contributed by atoms with Gasteiger partial charge in [-0.2, -0.15) is 0 Å². The maximum Gasteiger partial charge on any atom is 0.321 e. The molecule has 2 aromatic rings. The molecule has 0 unspecified atom stereocenters. The van der Waals surface area contributed by atoms with E-state index in [9.17, 15) is 14.7 Å². The Morgan fingerprint density at radius 1 is 1.17 bits per heavy atom. The molecule has 0 bridgehead atoms. The molecule has 1 fully saturated rings. The van der Waals surface area contributed by atoms with Crippen molar-refractivity contribution in [2.24, 2.45) is 5.41 Å². The van der Waals surface area contributed by atoms with Crippen LogP contribution in [-0.4, -0.2) is 53.2 Å². The Balaban J connectivity index is 1.49. The maximum atomic E-state index is 12.5. The van der Waals surface area contributed by atoms with E-state index in [0.717, 1.165) is 34.3 Å². The summed E-state index contributed by atoms with van der Waals surface area (Å²) in [6, 6.07) is 7.70. The average molecular weight is 417 g/mol. The van der Waals surface area contributed by atoms with E-state index in [0.29, 0.717) is 25.9 Å². The predicted molar refractivity (Wildman–Crippen MR) is 116 cm³/mol. The zero-order valence-corrected chi connectivity index (χ0v) is 18.0. The van der Waals surface area contributed by atoms with Crippen molar-refractivity contribution >= 4 is 34.0 Å². The highest BCUT2D eigenvalue weighted by molar-refractivity contribution is 7.15. The van der Waals surface area contributed by atoms with Crippen molar-refractivity contribution < 1.29 is 14.7 Å². The minimum absolute atomic E-state index is 0.0746. The van der Waals surface area contributed by atoms with Crippen molar-refractivity contribution in [3.8, 4) is 0 Å². The summed E-state index contributed by atoms with van der Waals surface area (Å²) < 4.78 is 0. The molecule has 1 saturated heterocycles. The first-order chi connectivity index (χ1) is 13.7. The van der Waals surface area contributed by atoms with Gasteiger partial charge >= 0.3 is 12.0 Å². The smallest absolute Gasteiger partial charge is 0.321 e. The molecular weight excluding hydrogens is 388 g/mol. The Morgan fingerprint density at radius 2 is 1.83 bits per heavy atom.